The number of anilines is 1. The fourth-order valence-electron chi connectivity index (χ4n) is 2.47. The molecule has 0 bridgehead atoms. The van der Waals surface area contributed by atoms with E-state index in [9.17, 15) is 9.59 Å². The molecule has 1 amide bonds. The Balaban J connectivity index is 1.79. The van der Waals surface area contributed by atoms with Crippen LogP contribution in [0.15, 0.2) is 66.7 Å². The summed E-state index contributed by atoms with van der Waals surface area (Å²) in [6.07, 6.45) is -0.103. The van der Waals surface area contributed by atoms with E-state index in [4.69, 9.17) is 16.7 Å². The van der Waals surface area contributed by atoms with Gasteiger partial charge >= 0.3 is 5.97 Å². The highest BCUT2D eigenvalue weighted by atomic mass is 35.5. The maximum absolute atomic E-state index is 12.5. The lowest BCUT2D eigenvalue weighted by molar-refractivity contribution is -0.136. The molecule has 130 valence electrons. The van der Waals surface area contributed by atoms with Gasteiger partial charge in [0, 0.05) is 16.3 Å². The number of aromatic nitrogens is 1. The zero-order chi connectivity index (χ0) is 18.5. The SMILES string of the molecule is O=C(O)Cc1cccc(NC(=O)c2cccc(-c3ccc(Cl)cc3)n2)c1. The molecule has 6 heteroatoms. The van der Waals surface area contributed by atoms with Gasteiger partial charge in [0.2, 0.25) is 0 Å². The molecule has 0 saturated heterocycles. The standard InChI is InChI=1S/C20H15ClN2O3/c21-15-9-7-14(8-10-15)17-5-2-6-18(23-17)20(26)22-16-4-1-3-13(11-16)12-19(24)25/h1-11H,12H2,(H,22,26)(H,24,25). The van der Waals surface area contributed by atoms with Gasteiger partial charge in [0.05, 0.1) is 12.1 Å². The summed E-state index contributed by atoms with van der Waals surface area (Å²) in [5.74, 6) is -1.29. The molecule has 3 aromatic rings. The summed E-state index contributed by atoms with van der Waals surface area (Å²) in [4.78, 5) is 27.7. The summed E-state index contributed by atoms with van der Waals surface area (Å²) in [7, 11) is 0. The quantitative estimate of drug-likeness (QED) is 0.706. The summed E-state index contributed by atoms with van der Waals surface area (Å²) >= 11 is 5.89. The smallest absolute Gasteiger partial charge is 0.307 e. The number of carboxylic acid groups (broad SMARTS) is 1. The zero-order valence-corrected chi connectivity index (χ0v) is 14.4. The van der Waals surface area contributed by atoms with Crippen LogP contribution in [0.3, 0.4) is 0 Å². The lowest BCUT2D eigenvalue weighted by Gasteiger charge is -2.08. The number of benzene rings is 2. The molecule has 0 aliphatic rings. The molecular weight excluding hydrogens is 352 g/mol. The number of carbonyl (C=O) groups is 2. The number of carbonyl (C=O) groups excluding carboxylic acids is 1. The lowest BCUT2D eigenvalue weighted by atomic mass is 10.1. The molecule has 3 rings (SSSR count). The molecule has 0 atom stereocenters. The molecule has 5 nitrogen and oxygen atoms in total. The van der Waals surface area contributed by atoms with Crippen molar-refractivity contribution in [2.45, 2.75) is 6.42 Å². The average Bonchev–Trinajstić information content (AvgIpc) is 2.62. The van der Waals surface area contributed by atoms with Crippen molar-refractivity contribution in [1.29, 1.82) is 0 Å². The van der Waals surface area contributed by atoms with Gasteiger partial charge in [-0.3, -0.25) is 9.59 Å². The Morgan fingerprint density at radius 1 is 1.00 bits per heavy atom. The van der Waals surface area contributed by atoms with Gasteiger partial charge in [0.15, 0.2) is 0 Å². The molecule has 26 heavy (non-hydrogen) atoms. The van der Waals surface area contributed by atoms with Crippen LogP contribution in [0.5, 0.6) is 0 Å². The number of nitrogens with zero attached hydrogens (tertiary/aromatic N) is 1. The second-order valence-electron chi connectivity index (χ2n) is 5.64. The number of rotatable bonds is 5. The normalized spacial score (nSPS) is 10.3. The third kappa shape index (κ3) is 4.46. The van der Waals surface area contributed by atoms with E-state index in [0.717, 1.165) is 5.56 Å². The Morgan fingerprint density at radius 2 is 1.73 bits per heavy atom. The predicted octanol–water partition coefficient (Wildman–Crippen LogP) is 4.28. The van der Waals surface area contributed by atoms with Gasteiger partial charge in [0.1, 0.15) is 5.69 Å². The Hall–Kier alpha value is -3.18. The monoisotopic (exact) mass is 366 g/mol. The summed E-state index contributed by atoms with van der Waals surface area (Å²) in [6.45, 7) is 0. The summed E-state index contributed by atoms with van der Waals surface area (Å²) in [5, 5.41) is 12.2. The second kappa shape index (κ2) is 7.80. The minimum Gasteiger partial charge on any atom is -0.481 e. The Bertz CT molecular complexity index is 955. The van der Waals surface area contributed by atoms with E-state index in [0.29, 0.717) is 22.0 Å². The number of halogens is 1. The van der Waals surface area contributed by atoms with Crippen molar-refractivity contribution in [3.63, 3.8) is 0 Å². The molecule has 0 aliphatic heterocycles. The highest BCUT2D eigenvalue weighted by Crippen LogP contribution is 2.20. The number of aliphatic carboxylic acids is 1. The summed E-state index contributed by atoms with van der Waals surface area (Å²) in [5.41, 5.74) is 2.91. The molecular formula is C20H15ClN2O3. The van der Waals surface area contributed by atoms with Crippen LogP contribution in [0.2, 0.25) is 5.02 Å². The molecule has 0 unspecified atom stereocenters. The van der Waals surface area contributed by atoms with Gasteiger partial charge in [-0.2, -0.15) is 0 Å². The van der Waals surface area contributed by atoms with Gasteiger partial charge in [-0.1, -0.05) is 41.9 Å². The highest BCUT2D eigenvalue weighted by molar-refractivity contribution is 6.30. The maximum Gasteiger partial charge on any atom is 0.307 e. The Morgan fingerprint density at radius 3 is 2.46 bits per heavy atom. The third-order valence-electron chi connectivity index (χ3n) is 3.66. The van der Waals surface area contributed by atoms with Gasteiger partial charge in [-0.05, 0) is 42.0 Å². The maximum atomic E-state index is 12.5. The van der Waals surface area contributed by atoms with E-state index in [1.165, 1.54) is 0 Å². The third-order valence-corrected chi connectivity index (χ3v) is 3.91. The van der Waals surface area contributed by atoms with E-state index in [1.54, 1.807) is 48.5 Å². The predicted molar refractivity (Wildman–Crippen MR) is 100 cm³/mol. The average molecular weight is 367 g/mol. The second-order valence-corrected chi connectivity index (χ2v) is 6.08. The van der Waals surface area contributed by atoms with Crippen LogP contribution >= 0.6 is 11.6 Å². The van der Waals surface area contributed by atoms with Crippen molar-refractivity contribution < 1.29 is 14.7 Å². The number of nitrogens with one attached hydrogen (secondary N) is 1. The van der Waals surface area contributed by atoms with Crippen LogP contribution in [-0.4, -0.2) is 22.0 Å². The molecule has 2 N–H and O–H groups in total. The number of amides is 1. The molecule has 0 saturated carbocycles. The first-order valence-electron chi connectivity index (χ1n) is 7.86. The first kappa shape index (κ1) is 17.6. The lowest BCUT2D eigenvalue weighted by Crippen LogP contribution is -2.14. The van der Waals surface area contributed by atoms with E-state index in [1.807, 2.05) is 18.2 Å². The van der Waals surface area contributed by atoms with E-state index in [2.05, 4.69) is 10.3 Å². The van der Waals surface area contributed by atoms with Crippen molar-refractivity contribution >= 4 is 29.2 Å². The minimum absolute atomic E-state index is 0.103. The molecule has 1 aromatic heterocycles. The molecule has 0 spiro atoms. The minimum atomic E-state index is -0.925. The Kier molecular flexibility index (Phi) is 5.29. The Labute approximate surface area is 155 Å². The molecule has 0 fully saturated rings. The van der Waals surface area contributed by atoms with Crippen molar-refractivity contribution in [2.75, 3.05) is 5.32 Å². The van der Waals surface area contributed by atoms with Crippen molar-refractivity contribution in [1.82, 2.24) is 4.98 Å². The van der Waals surface area contributed by atoms with Crippen molar-refractivity contribution in [2.24, 2.45) is 0 Å². The topological polar surface area (TPSA) is 79.3 Å². The van der Waals surface area contributed by atoms with Crippen LogP contribution in [0.1, 0.15) is 16.1 Å². The van der Waals surface area contributed by atoms with Crippen molar-refractivity contribution in [3.05, 3.63) is 83.0 Å². The fourth-order valence-corrected chi connectivity index (χ4v) is 2.60. The summed E-state index contributed by atoms with van der Waals surface area (Å²) < 4.78 is 0. The van der Waals surface area contributed by atoms with E-state index < -0.39 is 5.97 Å². The van der Waals surface area contributed by atoms with E-state index in [-0.39, 0.29) is 18.0 Å². The van der Waals surface area contributed by atoms with Gasteiger partial charge in [0.25, 0.3) is 5.91 Å². The van der Waals surface area contributed by atoms with Gasteiger partial charge in [-0.25, -0.2) is 4.98 Å². The van der Waals surface area contributed by atoms with Crippen LogP contribution < -0.4 is 5.32 Å². The number of carboxylic acids is 1. The fraction of sp³-hybridized carbons (Fsp3) is 0.0500. The van der Waals surface area contributed by atoms with Crippen LogP contribution in [0.25, 0.3) is 11.3 Å². The molecule has 0 aliphatic carbocycles. The number of pyridine rings is 1. The largest absolute Gasteiger partial charge is 0.481 e. The van der Waals surface area contributed by atoms with Gasteiger partial charge < -0.3 is 10.4 Å². The first-order valence-corrected chi connectivity index (χ1v) is 8.24. The molecule has 2 aromatic carbocycles. The first-order chi connectivity index (χ1) is 12.5. The van der Waals surface area contributed by atoms with Crippen LogP contribution in [0.4, 0.5) is 5.69 Å². The molecule has 0 radical (unpaired) electrons. The summed E-state index contributed by atoms with van der Waals surface area (Å²) in [6, 6.07) is 19.1. The van der Waals surface area contributed by atoms with E-state index >= 15 is 0 Å². The van der Waals surface area contributed by atoms with Gasteiger partial charge in [-0.15, -0.1) is 0 Å². The van der Waals surface area contributed by atoms with Crippen LogP contribution in [0, 0.1) is 0 Å². The number of hydrogen-bond acceptors (Lipinski definition) is 3. The zero-order valence-electron chi connectivity index (χ0n) is 13.6. The highest BCUT2D eigenvalue weighted by Gasteiger charge is 2.10. The number of hydrogen-bond donors (Lipinski definition) is 2. The van der Waals surface area contributed by atoms with Crippen LogP contribution in [-0.2, 0) is 11.2 Å². The molecule has 1 heterocycles. The van der Waals surface area contributed by atoms with Crippen molar-refractivity contribution in [3.8, 4) is 11.3 Å².